The Labute approximate surface area is 147 Å². The topological polar surface area (TPSA) is 54.2 Å². The van der Waals surface area contributed by atoms with Crippen LogP contribution in [-0.4, -0.2) is 41.3 Å². The van der Waals surface area contributed by atoms with Gasteiger partial charge < -0.3 is 15.2 Å². The SMILES string of the molecule is CN=C(NCCCCn1ccnc1C)NC1CCC(C(F)(F)F)CC1. The Morgan fingerprint density at radius 3 is 2.56 bits per heavy atom. The zero-order chi connectivity index (χ0) is 18.3. The molecule has 0 spiro atoms. The summed E-state index contributed by atoms with van der Waals surface area (Å²) in [4.78, 5) is 8.36. The van der Waals surface area contributed by atoms with E-state index in [1.807, 2.05) is 13.1 Å². The Bertz CT molecular complexity index is 545. The Balaban J connectivity index is 1.62. The van der Waals surface area contributed by atoms with E-state index in [2.05, 4.69) is 25.2 Å². The first-order valence-corrected chi connectivity index (χ1v) is 8.91. The maximum atomic E-state index is 12.7. The van der Waals surface area contributed by atoms with E-state index in [1.165, 1.54) is 0 Å². The van der Waals surface area contributed by atoms with Crippen molar-refractivity contribution in [3.05, 3.63) is 18.2 Å². The maximum Gasteiger partial charge on any atom is 0.391 e. The van der Waals surface area contributed by atoms with Crippen molar-refractivity contribution in [3.8, 4) is 0 Å². The lowest BCUT2D eigenvalue weighted by Crippen LogP contribution is -2.46. The number of rotatable bonds is 6. The molecule has 2 N–H and O–H groups in total. The molecule has 25 heavy (non-hydrogen) atoms. The van der Waals surface area contributed by atoms with Gasteiger partial charge in [0.05, 0.1) is 5.92 Å². The predicted octanol–water partition coefficient (Wildman–Crippen LogP) is 3.26. The first kappa shape index (κ1) is 19.6. The molecule has 0 aromatic carbocycles. The number of nitrogens with one attached hydrogen (secondary N) is 2. The lowest BCUT2D eigenvalue weighted by molar-refractivity contribution is -0.182. The highest BCUT2D eigenvalue weighted by Crippen LogP contribution is 2.37. The van der Waals surface area contributed by atoms with Gasteiger partial charge in [0, 0.05) is 38.6 Å². The number of hydrogen-bond acceptors (Lipinski definition) is 2. The third-order valence-corrected chi connectivity index (χ3v) is 4.80. The molecule has 0 bridgehead atoms. The molecule has 5 nitrogen and oxygen atoms in total. The highest BCUT2D eigenvalue weighted by Gasteiger charge is 2.41. The number of guanidine groups is 1. The highest BCUT2D eigenvalue weighted by molar-refractivity contribution is 5.79. The van der Waals surface area contributed by atoms with Crippen LogP contribution in [0.2, 0.25) is 0 Å². The molecule has 1 saturated carbocycles. The van der Waals surface area contributed by atoms with Crippen LogP contribution in [0.3, 0.4) is 0 Å². The summed E-state index contributed by atoms with van der Waals surface area (Å²) in [6.07, 6.45) is 3.18. The summed E-state index contributed by atoms with van der Waals surface area (Å²) in [6, 6.07) is 0.0680. The number of aliphatic imine (C=N–C) groups is 1. The van der Waals surface area contributed by atoms with Crippen LogP contribution in [-0.2, 0) is 6.54 Å². The van der Waals surface area contributed by atoms with Crippen molar-refractivity contribution in [1.82, 2.24) is 20.2 Å². The number of unbranched alkanes of at least 4 members (excludes halogenated alkanes) is 1. The lowest BCUT2D eigenvalue weighted by Gasteiger charge is -2.31. The number of aromatic nitrogens is 2. The van der Waals surface area contributed by atoms with Gasteiger partial charge in [0.2, 0.25) is 0 Å². The molecule has 0 radical (unpaired) electrons. The first-order chi connectivity index (χ1) is 11.9. The number of halogens is 3. The zero-order valence-electron chi connectivity index (χ0n) is 14.9. The van der Waals surface area contributed by atoms with E-state index in [9.17, 15) is 13.2 Å². The van der Waals surface area contributed by atoms with Gasteiger partial charge in [-0.3, -0.25) is 4.99 Å². The summed E-state index contributed by atoms with van der Waals surface area (Å²) in [5.41, 5.74) is 0. The second-order valence-electron chi connectivity index (χ2n) is 6.61. The third kappa shape index (κ3) is 6.25. The monoisotopic (exact) mass is 359 g/mol. The summed E-state index contributed by atoms with van der Waals surface area (Å²) in [5.74, 6) is 0.543. The minimum atomic E-state index is -4.06. The van der Waals surface area contributed by atoms with Gasteiger partial charge in [-0.2, -0.15) is 13.2 Å². The Hall–Kier alpha value is -1.73. The molecule has 1 aromatic rings. The van der Waals surface area contributed by atoms with Gasteiger partial charge in [-0.25, -0.2) is 4.98 Å². The smallest absolute Gasteiger partial charge is 0.356 e. The molecule has 2 rings (SSSR count). The molecular weight excluding hydrogens is 331 g/mol. The molecule has 1 aliphatic rings. The molecular formula is C17H28F3N5. The van der Waals surface area contributed by atoms with Crippen LogP contribution in [0.1, 0.15) is 44.3 Å². The standard InChI is InChI=1S/C17H28F3N5/c1-13-22-10-12-25(13)11-4-3-9-23-16(21-2)24-15-7-5-14(6-8-15)17(18,19)20/h10,12,14-15H,3-9,11H2,1-2H3,(H2,21,23,24). The van der Waals surface area contributed by atoms with Crippen LogP contribution in [0.25, 0.3) is 0 Å². The Morgan fingerprint density at radius 1 is 1.28 bits per heavy atom. The van der Waals surface area contributed by atoms with Gasteiger partial charge in [0.25, 0.3) is 0 Å². The number of aryl methyl sites for hydroxylation is 2. The molecule has 0 atom stereocenters. The fraction of sp³-hybridized carbons (Fsp3) is 0.765. The molecule has 1 fully saturated rings. The van der Waals surface area contributed by atoms with E-state index < -0.39 is 12.1 Å². The van der Waals surface area contributed by atoms with Crippen molar-refractivity contribution in [1.29, 1.82) is 0 Å². The molecule has 1 heterocycles. The molecule has 1 aromatic heterocycles. The fourth-order valence-electron chi connectivity index (χ4n) is 3.21. The molecule has 142 valence electrons. The van der Waals surface area contributed by atoms with E-state index in [1.54, 1.807) is 13.2 Å². The van der Waals surface area contributed by atoms with E-state index in [-0.39, 0.29) is 18.9 Å². The van der Waals surface area contributed by atoms with Gasteiger partial charge in [-0.05, 0) is 45.4 Å². The minimum Gasteiger partial charge on any atom is -0.356 e. The van der Waals surface area contributed by atoms with Crippen LogP contribution in [0, 0.1) is 12.8 Å². The highest BCUT2D eigenvalue weighted by atomic mass is 19.4. The van der Waals surface area contributed by atoms with Gasteiger partial charge in [0.1, 0.15) is 5.82 Å². The second kappa shape index (κ2) is 9.10. The van der Waals surface area contributed by atoms with Gasteiger partial charge >= 0.3 is 6.18 Å². The largest absolute Gasteiger partial charge is 0.391 e. The summed E-state index contributed by atoms with van der Waals surface area (Å²) in [5, 5.41) is 6.49. The van der Waals surface area contributed by atoms with Crippen LogP contribution < -0.4 is 10.6 Å². The normalized spacial score (nSPS) is 22.0. The summed E-state index contributed by atoms with van der Waals surface area (Å²) in [6.45, 7) is 3.70. The zero-order valence-corrected chi connectivity index (χ0v) is 14.9. The molecule has 0 aliphatic heterocycles. The number of imidazole rings is 1. The van der Waals surface area contributed by atoms with E-state index >= 15 is 0 Å². The van der Waals surface area contributed by atoms with Gasteiger partial charge in [-0.15, -0.1) is 0 Å². The fourth-order valence-corrected chi connectivity index (χ4v) is 3.21. The average molecular weight is 359 g/mol. The molecule has 0 unspecified atom stereocenters. The average Bonchev–Trinajstić information content (AvgIpc) is 2.98. The number of nitrogens with zero attached hydrogens (tertiary/aromatic N) is 3. The van der Waals surface area contributed by atoms with Crippen LogP contribution in [0.4, 0.5) is 13.2 Å². The number of alkyl halides is 3. The van der Waals surface area contributed by atoms with Crippen molar-refractivity contribution < 1.29 is 13.2 Å². The molecule has 8 heteroatoms. The Kier molecular flexibility index (Phi) is 7.13. The van der Waals surface area contributed by atoms with Gasteiger partial charge in [0.15, 0.2) is 5.96 Å². The quantitative estimate of drug-likeness (QED) is 0.466. The number of hydrogen-bond donors (Lipinski definition) is 2. The minimum absolute atomic E-state index is 0.0680. The molecule has 0 saturated heterocycles. The maximum absolute atomic E-state index is 12.7. The summed E-state index contributed by atoms with van der Waals surface area (Å²) in [7, 11) is 1.69. The van der Waals surface area contributed by atoms with Crippen LogP contribution in [0.5, 0.6) is 0 Å². The van der Waals surface area contributed by atoms with E-state index in [4.69, 9.17) is 0 Å². The van der Waals surface area contributed by atoms with Crippen molar-refractivity contribution in [3.63, 3.8) is 0 Å². The van der Waals surface area contributed by atoms with Crippen molar-refractivity contribution in [2.45, 2.75) is 64.2 Å². The van der Waals surface area contributed by atoms with Crippen LogP contribution >= 0.6 is 0 Å². The second-order valence-corrected chi connectivity index (χ2v) is 6.61. The van der Waals surface area contributed by atoms with Crippen molar-refractivity contribution in [2.24, 2.45) is 10.9 Å². The summed E-state index contributed by atoms with van der Waals surface area (Å²) >= 11 is 0. The van der Waals surface area contributed by atoms with Gasteiger partial charge in [-0.1, -0.05) is 0 Å². The third-order valence-electron chi connectivity index (χ3n) is 4.80. The molecule has 1 aliphatic carbocycles. The Morgan fingerprint density at radius 2 is 2.00 bits per heavy atom. The predicted molar refractivity (Wildman–Crippen MR) is 92.5 cm³/mol. The van der Waals surface area contributed by atoms with Crippen LogP contribution in [0.15, 0.2) is 17.4 Å². The van der Waals surface area contributed by atoms with Crippen molar-refractivity contribution >= 4 is 5.96 Å². The van der Waals surface area contributed by atoms with E-state index in [0.717, 1.165) is 31.8 Å². The van der Waals surface area contributed by atoms with E-state index in [0.29, 0.717) is 18.8 Å². The molecule has 0 amide bonds. The first-order valence-electron chi connectivity index (χ1n) is 8.91. The summed E-state index contributed by atoms with van der Waals surface area (Å²) < 4.78 is 40.2. The lowest BCUT2D eigenvalue weighted by atomic mass is 9.85. The van der Waals surface area contributed by atoms with Crippen molar-refractivity contribution in [2.75, 3.05) is 13.6 Å².